The van der Waals surface area contributed by atoms with Crippen molar-refractivity contribution in [1.29, 1.82) is 0 Å². The number of rotatable bonds is 4. The minimum absolute atomic E-state index is 0.382. The number of nitrogens with one attached hydrogen (secondary N) is 1. The van der Waals surface area contributed by atoms with Gasteiger partial charge in [0.15, 0.2) is 0 Å². The van der Waals surface area contributed by atoms with Gasteiger partial charge < -0.3 is 10.2 Å². The summed E-state index contributed by atoms with van der Waals surface area (Å²) in [7, 11) is 0. The summed E-state index contributed by atoms with van der Waals surface area (Å²) >= 11 is 1.74. The molecule has 0 radical (unpaired) electrons. The van der Waals surface area contributed by atoms with Gasteiger partial charge in [0.25, 0.3) is 0 Å². The molecule has 1 unspecified atom stereocenters. The number of aromatic nitrogens is 4. The first-order valence-electron chi connectivity index (χ1n) is 8.81. The van der Waals surface area contributed by atoms with Crippen LogP contribution in [0.1, 0.15) is 36.6 Å². The van der Waals surface area contributed by atoms with Gasteiger partial charge in [0, 0.05) is 31.2 Å². The molecule has 1 atom stereocenters. The fourth-order valence-corrected chi connectivity index (χ4v) is 4.47. The summed E-state index contributed by atoms with van der Waals surface area (Å²) in [5.74, 6) is 3.59. The van der Waals surface area contributed by atoms with Crippen molar-refractivity contribution < 1.29 is 0 Å². The van der Waals surface area contributed by atoms with Crippen LogP contribution in [0.25, 0.3) is 10.2 Å². The minimum atomic E-state index is 0.382. The van der Waals surface area contributed by atoms with Gasteiger partial charge >= 0.3 is 0 Å². The molecule has 5 rings (SSSR count). The molecule has 128 valence electrons. The van der Waals surface area contributed by atoms with Crippen molar-refractivity contribution in [3.8, 4) is 0 Å². The normalized spacial score (nSPS) is 20.4. The number of aryl methyl sites for hydroxylation is 1. The van der Waals surface area contributed by atoms with Gasteiger partial charge in [-0.1, -0.05) is 0 Å². The first kappa shape index (κ1) is 15.0. The molecule has 1 saturated heterocycles. The number of anilines is 2. The van der Waals surface area contributed by atoms with Gasteiger partial charge in [0.2, 0.25) is 0 Å². The largest absolute Gasteiger partial charge is 0.365 e. The van der Waals surface area contributed by atoms with Crippen molar-refractivity contribution in [1.82, 2.24) is 19.9 Å². The minimum Gasteiger partial charge on any atom is -0.365 e. The van der Waals surface area contributed by atoms with E-state index >= 15 is 0 Å². The molecular weight excluding hydrogens is 332 g/mol. The van der Waals surface area contributed by atoms with Crippen LogP contribution in [0.15, 0.2) is 24.0 Å². The van der Waals surface area contributed by atoms with Crippen LogP contribution in [0, 0.1) is 6.92 Å². The second-order valence-electron chi connectivity index (χ2n) is 6.94. The van der Waals surface area contributed by atoms with E-state index in [1.54, 1.807) is 17.7 Å². The van der Waals surface area contributed by atoms with E-state index in [0.29, 0.717) is 12.0 Å². The number of hydrogen-bond acceptors (Lipinski definition) is 7. The van der Waals surface area contributed by atoms with E-state index in [1.807, 2.05) is 12.3 Å². The Kier molecular flexibility index (Phi) is 3.55. The Bertz CT molecular complexity index is 919. The maximum Gasteiger partial charge on any atom is 0.150 e. The molecule has 25 heavy (non-hydrogen) atoms. The van der Waals surface area contributed by atoms with Crippen molar-refractivity contribution in [3.63, 3.8) is 0 Å². The molecule has 7 heteroatoms. The quantitative estimate of drug-likeness (QED) is 0.777. The van der Waals surface area contributed by atoms with Crippen LogP contribution in [0.2, 0.25) is 0 Å². The molecule has 1 N–H and O–H groups in total. The predicted molar refractivity (Wildman–Crippen MR) is 100 cm³/mol. The van der Waals surface area contributed by atoms with Crippen LogP contribution < -0.4 is 10.2 Å². The summed E-state index contributed by atoms with van der Waals surface area (Å²) in [6, 6.07) is 2.35. The zero-order valence-corrected chi connectivity index (χ0v) is 15.0. The monoisotopic (exact) mass is 352 g/mol. The van der Waals surface area contributed by atoms with E-state index in [1.165, 1.54) is 23.1 Å². The van der Waals surface area contributed by atoms with Crippen LogP contribution in [-0.4, -0.2) is 39.1 Å². The summed E-state index contributed by atoms with van der Waals surface area (Å²) in [6.07, 6.45) is 7.09. The van der Waals surface area contributed by atoms with Crippen LogP contribution >= 0.6 is 11.3 Å². The average molecular weight is 352 g/mol. The highest BCUT2D eigenvalue weighted by Gasteiger charge is 2.28. The van der Waals surface area contributed by atoms with Gasteiger partial charge in [-0.05, 0) is 43.2 Å². The molecule has 4 heterocycles. The van der Waals surface area contributed by atoms with Gasteiger partial charge in [-0.3, -0.25) is 0 Å². The molecule has 3 aromatic heterocycles. The summed E-state index contributed by atoms with van der Waals surface area (Å²) in [6.45, 7) is 4.05. The van der Waals surface area contributed by atoms with Gasteiger partial charge in [0.1, 0.15) is 23.8 Å². The van der Waals surface area contributed by atoms with Crippen LogP contribution in [-0.2, 0) is 0 Å². The molecule has 2 aliphatic rings. The molecule has 0 amide bonds. The summed E-state index contributed by atoms with van der Waals surface area (Å²) in [5.41, 5.74) is 2.31. The van der Waals surface area contributed by atoms with Crippen molar-refractivity contribution >= 4 is 33.2 Å². The third-order valence-electron chi connectivity index (χ3n) is 4.97. The molecule has 0 bridgehead atoms. The van der Waals surface area contributed by atoms with Crippen molar-refractivity contribution in [2.45, 2.75) is 38.1 Å². The molecule has 6 nitrogen and oxygen atoms in total. The highest BCUT2D eigenvalue weighted by atomic mass is 32.1. The van der Waals surface area contributed by atoms with E-state index in [0.717, 1.165) is 42.5 Å². The Hall–Kier alpha value is -2.28. The fourth-order valence-electron chi connectivity index (χ4n) is 3.45. The third kappa shape index (κ3) is 2.82. The number of hydrogen-bond donors (Lipinski definition) is 1. The molecular formula is C18H20N6S. The number of fused-ring (bicyclic) bond motifs is 1. The zero-order valence-electron chi connectivity index (χ0n) is 14.1. The van der Waals surface area contributed by atoms with E-state index in [9.17, 15) is 0 Å². The summed E-state index contributed by atoms with van der Waals surface area (Å²) < 4.78 is 1.19. The van der Waals surface area contributed by atoms with Crippen LogP contribution in [0.5, 0.6) is 0 Å². The Balaban J connectivity index is 1.33. The lowest BCUT2D eigenvalue weighted by atomic mass is 10.2. The van der Waals surface area contributed by atoms with Crippen molar-refractivity contribution in [2.24, 2.45) is 0 Å². The molecule has 0 aromatic carbocycles. The van der Waals surface area contributed by atoms with Crippen LogP contribution in [0.3, 0.4) is 0 Å². The Morgan fingerprint density at radius 1 is 1.20 bits per heavy atom. The maximum absolute atomic E-state index is 4.68. The molecule has 1 saturated carbocycles. The van der Waals surface area contributed by atoms with Gasteiger partial charge in [0.05, 0.1) is 10.2 Å². The lowest BCUT2D eigenvalue weighted by Crippen LogP contribution is -2.27. The predicted octanol–water partition coefficient (Wildman–Crippen LogP) is 3.36. The fraction of sp³-hybridized carbons (Fsp3) is 0.444. The lowest BCUT2D eigenvalue weighted by Gasteiger charge is -2.18. The standard InChI is InChI=1S/C18H20N6S/c1-11-9-25-16-15(11)20-10-21-18(16)24-7-5-13(8-24)22-14-4-6-19-17(23-14)12-2-3-12/h4,6,9-10,12-13H,2-3,5,7-8H2,1H3,(H,19,22,23). The van der Waals surface area contributed by atoms with Crippen LogP contribution in [0.4, 0.5) is 11.6 Å². The summed E-state index contributed by atoms with van der Waals surface area (Å²) in [4.78, 5) is 20.4. The van der Waals surface area contributed by atoms with Crippen molar-refractivity contribution in [3.05, 3.63) is 35.4 Å². The highest BCUT2D eigenvalue weighted by molar-refractivity contribution is 7.18. The lowest BCUT2D eigenvalue weighted by molar-refractivity contribution is 0.793. The first-order valence-corrected chi connectivity index (χ1v) is 9.69. The Morgan fingerprint density at radius 2 is 2.12 bits per heavy atom. The Morgan fingerprint density at radius 3 is 3.00 bits per heavy atom. The second-order valence-corrected chi connectivity index (χ2v) is 7.82. The zero-order chi connectivity index (χ0) is 16.8. The average Bonchev–Trinajstić information content (AvgIpc) is 3.28. The molecule has 1 aliphatic heterocycles. The van der Waals surface area contributed by atoms with Gasteiger partial charge in [-0.15, -0.1) is 11.3 Å². The molecule has 2 fully saturated rings. The number of thiophene rings is 1. The topological polar surface area (TPSA) is 66.8 Å². The van der Waals surface area contributed by atoms with E-state index in [-0.39, 0.29) is 0 Å². The molecule has 1 aliphatic carbocycles. The van der Waals surface area contributed by atoms with E-state index in [4.69, 9.17) is 0 Å². The number of nitrogens with zero attached hydrogens (tertiary/aromatic N) is 5. The maximum atomic E-state index is 4.68. The van der Waals surface area contributed by atoms with Gasteiger partial charge in [-0.2, -0.15) is 0 Å². The highest BCUT2D eigenvalue weighted by Crippen LogP contribution is 2.38. The van der Waals surface area contributed by atoms with Crippen molar-refractivity contribution in [2.75, 3.05) is 23.3 Å². The first-order chi connectivity index (χ1) is 12.3. The molecule has 0 spiro atoms. The third-order valence-corrected chi connectivity index (χ3v) is 6.05. The summed E-state index contributed by atoms with van der Waals surface area (Å²) in [5, 5.41) is 5.75. The smallest absolute Gasteiger partial charge is 0.150 e. The SMILES string of the molecule is Cc1csc2c(N3CCC(Nc4ccnc(C5CC5)n4)C3)ncnc12. The van der Waals surface area contributed by atoms with Gasteiger partial charge in [-0.25, -0.2) is 19.9 Å². The molecule has 3 aromatic rings. The second kappa shape index (κ2) is 5.91. The Labute approximate surface area is 150 Å². The van der Waals surface area contributed by atoms with E-state index < -0.39 is 0 Å². The van der Waals surface area contributed by atoms with E-state index in [2.05, 4.69) is 42.5 Å².